The van der Waals surface area contributed by atoms with Crippen LogP contribution < -0.4 is 15.2 Å². The predicted molar refractivity (Wildman–Crippen MR) is 129 cm³/mol. The molecule has 9 heteroatoms. The highest BCUT2D eigenvalue weighted by Gasteiger charge is 2.43. The van der Waals surface area contributed by atoms with E-state index in [2.05, 4.69) is 11.7 Å². The summed E-state index contributed by atoms with van der Waals surface area (Å²) in [6, 6.07) is 8.80. The molecule has 0 bridgehead atoms. The molecule has 2 aliphatic rings. The third-order valence-electron chi connectivity index (χ3n) is 5.84. The molecular weight excluding hydrogens is 459 g/mol. The molecule has 176 valence electrons. The van der Waals surface area contributed by atoms with Gasteiger partial charge in [0.2, 0.25) is 0 Å². The topological polar surface area (TPSA) is 80.4 Å². The van der Waals surface area contributed by atoms with Crippen LogP contribution in [0.25, 0.3) is 0 Å². The maximum Gasteiger partial charge on any atom is 0.253 e. The molecule has 0 aliphatic carbocycles. The van der Waals surface area contributed by atoms with Crippen LogP contribution in [0.4, 0.5) is 4.39 Å². The predicted octanol–water partition coefficient (Wildman–Crippen LogP) is 4.16. The van der Waals surface area contributed by atoms with Crippen LogP contribution in [-0.2, 0) is 11.3 Å². The van der Waals surface area contributed by atoms with Crippen molar-refractivity contribution in [1.29, 1.82) is 0 Å². The van der Waals surface area contributed by atoms with Gasteiger partial charge in [-0.2, -0.15) is 0 Å². The molecule has 4 rings (SSSR count). The molecule has 0 spiro atoms. The third-order valence-corrected chi connectivity index (χ3v) is 6.18. The molecule has 2 aromatic carbocycles. The zero-order chi connectivity index (χ0) is 24.4. The number of nitrogens with zero attached hydrogens (tertiary/aromatic N) is 3. The average molecular weight is 483 g/mol. The van der Waals surface area contributed by atoms with Crippen LogP contribution in [0.3, 0.4) is 0 Å². The van der Waals surface area contributed by atoms with Crippen LogP contribution in [0.15, 0.2) is 76.8 Å². The standard InChI is InChI=1S/C25H24ClFN4O3/c1-29-8-9-30-13-19-23(21(28)14-30)24(18-10-16(27)5-7-20(18)26)31(25(19)32)12-15-4-6-17(33-2)11-22(15)34-3/h4-11,14,24H,1,12-13,28H2,2-3H3/b9-8-. The molecule has 1 amide bonds. The lowest BCUT2D eigenvalue weighted by atomic mass is 9.93. The van der Waals surface area contributed by atoms with Gasteiger partial charge in [0.1, 0.15) is 17.3 Å². The number of halogens is 2. The van der Waals surface area contributed by atoms with Crippen molar-refractivity contribution in [2.45, 2.75) is 12.6 Å². The van der Waals surface area contributed by atoms with Crippen LogP contribution in [0.1, 0.15) is 17.2 Å². The lowest BCUT2D eigenvalue weighted by Crippen LogP contribution is -2.31. The van der Waals surface area contributed by atoms with Gasteiger partial charge in [-0.15, -0.1) is 0 Å². The fourth-order valence-corrected chi connectivity index (χ4v) is 4.51. The number of hydrogen-bond acceptors (Lipinski definition) is 6. The van der Waals surface area contributed by atoms with E-state index in [9.17, 15) is 9.18 Å². The third kappa shape index (κ3) is 4.24. The summed E-state index contributed by atoms with van der Waals surface area (Å²) in [5.74, 6) is 0.509. The molecule has 0 fully saturated rings. The van der Waals surface area contributed by atoms with E-state index >= 15 is 0 Å². The summed E-state index contributed by atoms with van der Waals surface area (Å²) in [6.07, 6.45) is 4.90. The monoisotopic (exact) mass is 482 g/mol. The Bertz CT molecular complexity index is 1240. The van der Waals surface area contributed by atoms with Gasteiger partial charge in [-0.25, -0.2) is 4.39 Å². The first-order valence-corrected chi connectivity index (χ1v) is 10.8. The Kier molecular flexibility index (Phi) is 6.61. The number of ether oxygens (including phenoxy) is 2. The minimum absolute atomic E-state index is 0.188. The number of carbonyl (C=O) groups is 1. The quantitative estimate of drug-likeness (QED) is 0.599. The van der Waals surface area contributed by atoms with E-state index in [1.54, 1.807) is 48.6 Å². The number of carbonyl (C=O) groups excluding carboxylic acids is 1. The highest BCUT2D eigenvalue weighted by atomic mass is 35.5. The van der Waals surface area contributed by atoms with Crippen LogP contribution in [0.2, 0.25) is 5.02 Å². The number of nitrogens with two attached hydrogens (primary N) is 1. The molecule has 2 aromatic rings. The molecule has 2 heterocycles. The molecule has 1 unspecified atom stereocenters. The molecule has 7 nitrogen and oxygen atoms in total. The number of amides is 1. The lowest BCUT2D eigenvalue weighted by Gasteiger charge is -2.29. The van der Waals surface area contributed by atoms with E-state index < -0.39 is 11.9 Å². The molecular formula is C25H24ClFN4O3. The summed E-state index contributed by atoms with van der Waals surface area (Å²) in [5, 5.41) is 0.339. The Hall–Kier alpha value is -3.78. The smallest absolute Gasteiger partial charge is 0.253 e. The number of rotatable bonds is 7. The van der Waals surface area contributed by atoms with Gasteiger partial charge in [0.25, 0.3) is 5.91 Å². The molecule has 34 heavy (non-hydrogen) atoms. The summed E-state index contributed by atoms with van der Waals surface area (Å²) in [7, 11) is 3.11. The van der Waals surface area contributed by atoms with Crippen molar-refractivity contribution >= 4 is 24.2 Å². The summed E-state index contributed by atoms with van der Waals surface area (Å²) >= 11 is 6.50. The van der Waals surface area contributed by atoms with Gasteiger partial charge in [-0.3, -0.25) is 9.79 Å². The van der Waals surface area contributed by atoms with Gasteiger partial charge in [0, 0.05) is 52.0 Å². The van der Waals surface area contributed by atoms with Crippen molar-refractivity contribution in [3.05, 3.63) is 93.8 Å². The summed E-state index contributed by atoms with van der Waals surface area (Å²) in [4.78, 5) is 20.8. The van der Waals surface area contributed by atoms with E-state index in [4.69, 9.17) is 26.8 Å². The first kappa shape index (κ1) is 23.4. The van der Waals surface area contributed by atoms with E-state index in [0.717, 1.165) is 5.56 Å². The minimum atomic E-state index is -0.669. The molecule has 2 aliphatic heterocycles. The van der Waals surface area contributed by atoms with Gasteiger partial charge in [-0.05, 0) is 37.0 Å². The second-order valence-corrected chi connectivity index (χ2v) is 8.22. The largest absolute Gasteiger partial charge is 0.497 e. The molecule has 1 atom stereocenters. The van der Waals surface area contributed by atoms with Gasteiger partial charge >= 0.3 is 0 Å². The number of hydrogen-bond donors (Lipinski definition) is 1. The van der Waals surface area contributed by atoms with Gasteiger partial charge in [-0.1, -0.05) is 11.6 Å². The minimum Gasteiger partial charge on any atom is -0.497 e. The lowest BCUT2D eigenvalue weighted by molar-refractivity contribution is -0.127. The molecule has 0 saturated heterocycles. The van der Waals surface area contributed by atoms with E-state index in [0.29, 0.717) is 38.9 Å². The number of aliphatic imine (C=N–C) groups is 1. The van der Waals surface area contributed by atoms with Crippen LogP contribution >= 0.6 is 11.6 Å². The van der Waals surface area contributed by atoms with Crippen LogP contribution in [-0.4, -0.2) is 43.2 Å². The van der Waals surface area contributed by atoms with E-state index in [1.165, 1.54) is 24.4 Å². The summed E-state index contributed by atoms with van der Waals surface area (Å²) in [6.45, 7) is 3.90. The normalized spacial score (nSPS) is 17.8. The highest BCUT2D eigenvalue weighted by Crippen LogP contribution is 2.46. The maximum atomic E-state index is 14.3. The Morgan fingerprint density at radius 3 is 2.76 bits per heavy atom. The summed E-state index contributed by atoms with van der Waals surface area (Å²) in [5.41, 5.74) is 9.15. The number of benzene rings is 2. The zero-order valence-electron chi connectivity index (χ0n) is 18.8. The van der Waals surface area contributed by atoms with E-state index in [-0.39, 0.29) is 19.0 Å². The van der Waals surface area contributed by atoms with Gasteiger partial charge < -0.3 is 25.0 Å². The average Bonchev–Trinajstić information content (AvgIpc) is 3.11. The van der Waals surface area contributed by atoms with Crippen LogP contribution in [0, 0.1) is 5.82 Å². The molecule has 0 aromatic heterocycles. The zero-order valence-corrected chi connectivity index (χ0v) is 19.6. The SMILES string of the molecule is C=N/C=C\N1C=C(N)C2=C(C1)C(=O)N(Cc1ccc(OC)cc1OC)C2c1cc(F)ccc1Cl. The van der Waals surface area contributed by atoms with E-state index in [1.807, 2.05) is 6.07 Å². The number of methoxy groups -OCH3 is 2. The Labute approximate surface area is 202 Å². The van der Waals surface area contributed by atoms with Gasteiger partial charge in [0.05, 0.1) is 39.0 Å². The van der Waals surface area contributed by atoms with Crippen LogP contribution in [0.5, 0.6) is 11.5 Å². The molecule has 0 saturated carbocycles. The molecule has 2 N–H and O–H groups in total. The van der Waals surface area contributed by atoms with Crippen molar-refractivity contribution in [2.24, 2.45) is 10.7 Å². The fourth-order valence-electron chi connectivity index (χ4n) is 4.29. The van der Waals surface area contributed by atoms with Crippen molar-refractivity contribution in [1.82, 2.24) is 9.80 Å². The Morgan fingerprint density at radius 1 is 1.26 bits per heavy atom. The maximum absolute atomic E-state index is 14.3. The molecule has 0 radical (unpaired) electrons. The van der Waals surface area contributed by atoms with Crippen molar-refractivity contribution < 1.29 is 18.7 Å². The second kappa shape index (κ2) is 9.61. The van der Waals surface area contributed by atoms with Gasteiger partial charge in [0.15, 0.2) is 0 Å². The Balaban J connectivity index is 1.81. The fraction of sp³-hybridized carbons (Fsp3) is 0.200. The van der Waals surface area contributed by atoms with Crippen molar-refractivity contribution in [3.8, 4) is 11.5 Å². The first-order valence-electron chi connectivity index (χ1n) is 10.4. The summed E-state index contributed by atoms with van der Waals surface area (Å²) < 4.78 is 25.1. The van der Waals surface area contributed by atoms with Crippen molar-refractivity contribution in [3.63, 3.8) is 0 Å². The van der Waals surface area contributed by atoms with Crippen molar-refractivity contribution in [2.75, 3.05) is 20.8 Å². The second-order valence-electron chi connectivity index (χ2n) is 7.81. The Morgan fingerprint density at radius 2 is 2.06 bits per heavy atom. The first-order chi connectivity index (χ1) is 16.4. The highest BCUT2D eigenvalue weighted by molar-refractivity contribution is 6.31.